The molecule has 0 fully saturated rings. The van der Waals surface area contributed by atoms with E-state index in [2.05, 4.69) is 31.2 Å². The van der Waals surface area contributed by atoms with E-state index in [-0.39, 0.29) is 0 Å². The lowest BCUT2D eigenvalue weighted by Crippen LogP contribution is -2.31. The van der Waals surface area contributed by atoms with E-state index in [0.29, 0.717) is 11.9 Å². The molecule has 0 aliphatic heterocycles. The Morgan fingerprint density at radius 1 is 1.50 bits per heavy atom. The van der Waals surface area contributed by atoms with Gasteiger partial charge in [0.1, 0.15) is 0 Å². The summed E-state index contributed by atoms with van der Waals surface area (Å²) in [5, 5.41) is 0. The summed E-state index contributed by atoms with van der Waals surface area (Å²) in [7, 11) is 2.14. The minimum atomic E-state index is 0.616. The Kier molecular flexibility index (Phi) is 8.19. The lowest BCUT2D eigenvalue weighted by atomic mass is 10.3. The molecular formula is C9H18ClNS. The summed E-state index contributed by atoms with van der Waals surface area (Å²) < 4.78 is 0. The molecule has 3 heteroatoms. The van der Waals surface area contributed by atoms with Gasteiger partial charge in [-0.3, -0.25) is 4.90 Å². The molecule has 0 spiro atoms. The minimum absolute atomic E-state index is 0.616. The van der Waals surface area contributed by atoms with E-state index in [0.717, 1.165) is 6.54 Å². The molecule has 72 valence electrons. The van der Waals surface area contributed by atoms with Crippen LogP contribution in [0.3, 0.4) is 0 Å². The molecule has 1 atom stereocenters. The molecule has 0 aliphatic carbocycles. The van der Waals surface area contributed by atoms with Crippen LogP contribution >= 0.6 is 23.4 Å². The van der Waals surface area contributed by atoms with Crippen molar-refractivity contribution in [1.29, 1.82) is 0 Å². The van der Waals surface area contributed by atoms with Crippen LogP contribution in [0, 0.1) is 0 Å². The zero-order chi connectivity index (χ0) is 9.40. The average molecular weight is 208 g/mol. The summed E-state index contributed by atoms with van der Waals surface area (Å²) >= 11 is 7.40. The lowest BCUT2D eigenvalue weighted by molar-refractivity contribution is 0.307. The van der Waals surface area contributed by atoms with Gasteiger partial charge in [-0.2, -0.15) is 11.8 Å². The molecule has 0 rings (SSSR count). The normalized spacial score (nSPS) is 14.4. The first-order valence-corrected chi connectivity index (χ1v) is 6.05. The van der Waals surface area contributed by atoms with E-state index < -0.39 is 0 Å². The van der Waals surface area contributed by atoms with Gasteiger partial charge in [-0.25, -0.2) is 0 Å². The number of hydrogen-bond acceptors (Lipinski definition) is 2. The summed E-state index contributed by atoms with van der Waals surface area (Å²) in [6.45, 7) is 3.24. The van der Waals surface area contributed by atoms with Gasteiger partial charge in [-0.1, -0.05) is 12.2 Å². The second-order valence-corrected chi connectivity index (χ2v) is 4.09. The molecule has 0 aromatic heterocycles. The van der Waals surface area contributed by atoms with Gasteiger partial charge in [0.2, 0.25) is 0 Å². The number of halogens is 1. The van der Waals surface area contributed by atoms with Gasteiger partial charge in [-0.05, 0) is 20.2 Å². The zero-order valence-electron chi connectivity index (χ0n) is 8.09. The molecule has 0 bridgehead atoms. The maximum absolute atomic E-state index is 5.52. The number of likely N-dealkylation sites (N-methyl/N-ethyl adjacent to an activating group) is 1. The average Bonchev–Trinajstić information content (AvgIpc) is 2.05. The Morgan fingerprint density at radius 3 is 2.67 bits per heavy atom. The fourth-order valence-electron chi connectivity index (χ4n) is 0.852. The van der Waals surface area contributed by atoms with Gasteiger partial charge < -0.3 is 0 Å². The standard InChI is InChI=1S/C9H18ClNS/c1-9(8-12-3)11(2)7-5-4-6-10/h4-5,9H,6-8H2,1-3H3/b5-4+. The van der Waals surface area contributed by atoms with Crippen LogP contribution in [0.15, 0.2) is 12.2 Å². The molecule has 0 radical (unpaired) electrons. The van der Waals surface area contributed by atoms with E-state index in [9.17, 15) is 0 Å². The number of rotatable bonds is 6. The van der Waals surface area contributed by atoms with Crippen molar-refractivity contribution in [3.05, 3.63) is 12.2 Å². The molecule has 0 saturated heterocycles. The van der Waals surface area contributed by atoms with Crippen molar-refractivity contribution >= 4 is 23.4 Å². The van der Waals surface area contributed by atoms with E-state index in [1.807, 2.05) is 17.8 Å². The van der Waals surface area contributed by atoms with Crippen molar-refractivity contribution in [2.45, 2.75) is 13.0 Å². The minimum Gasteiger partial charge on any atom is -0.299 e. The number of thioether (sulfide) groups is 1. The van der Waals surface area contributed by atoms with Crippen molar-refractivity contribution in [3.8, 4) is 0 Å². The Hall–Kier alpha value is 0.340. The van der Waals surface area contributed by atoms with Crippen LogP contribution in [0.4, 0.5) is 0 Å². The van der Waals surface area contributed by atoms with Gasteiger partial charge >= 0.3 is 0 Å². The molecule has 12 heavy (non-hydrogen) atoms. The summed E-state index contributed by atoms with van der Waals surface area (Å²) in [4.78, 5) is 2.32. The van der Waals surface area contributed by atoms with Gasteiger partial charge in [0.15, 0.2) is 0 Å². The smallest absolute Gasteiger partial charge is 0.0404 e. The monoisotopic (exact) mass is 207 g/mol. The third kappa shape index (κ3) is 5.92. The molecule has 0 aromatic carbocycles. The number of hydrogen-bond donors (Lipinski definition) is 0. The fourth-order valence-corrected chi connectivity index (χ4v) is 1.72. The topological polar surface area (TPSA) is 3.24 Å². The molecule has 0 aliphatic rings. The van der Waals surface area contributed by atoms with Gasteiger partial charge in [0, 0.05) is 24.2 Å². The van der Waals surface area contributed by atoms with Crippen molar-refractivity contribution in [2.75, 3.05) is 31.5 Å². The first kappa shape index (κ1) is 12.3. The van der Waals surface area contributed by atoms with Crippen LogP contribution in [-0.2, 0) is 0 Å². The number of allylic oxidation sites excluding steroid dienone is 1. The van der Waals surface area contributed by atoms with Crippen LogP contribution in [0.1, 0.15) is 6.92 Å². The van der Waals surface area contributed by atoms with Crippen LogP contribution in [0.5, 0.6) is 0 Å². The van der Waals surface area contributed by atoms with E-state index in [4.69, 9.17) is 11.6 Å². The summed E-state index contributed by atoms with van der Waals surface area (Å²) in [6.07, 6.45) is 6.24. The van der Waals surface area contributed by atoms with Gasteiger partial charge in [0.25, 0.3) is 0 Å². The zero-order valence-corrected chi connectivity index (χ0v) is 9.66. The Morgan fingerprint density at radius 2 is 2.17 bits per heavy atom. The molecule has 0 N–H and O–H groups in total. The maximum Gasteiger partial charge on any atom is 0.0404 e. The predicted molar refractivity (Wildman–Crippen MR) is 60.3 cm³/mol. The first-order valence-electron chi connectivity index (χ1n) is 4.12. The number of alkyl halides is 1. The third-order valence-electron chi connectivity index (χ3n) is 1.81. The highest BCUT2D eigenvalue weighted by atomic mass is 35.5. The third-order valence-corrected chi connectivity index (χ3v) is 2.80. The molecule has 0 aromatic rings. The molecule has 0 heterocycles. The maximum atomic E-state index is 5.52. The van der Waals surface area contributed by atoms with Crippen LogP contribution in [0.2, 0.25) is 0 Å². The highest BCUT2D eigenvalue weighted by molar-refractivity contribution is 7.98. The summed E-state index contributed by atoms with van der Waals surface area (Å²) in [5.74, 6) is 1.80. The fraction of sp³-hybridized carbons (Fsp3) is 0.778. The van der Waals surface area contributed by atoms with Crippen molar-refractivity contribution in [2.24, 2.45) is 0 Å². The van der Waals surface area contributed by atoms with Crippen molar-refractivity contribution < 1.29 is 0 Å². The van der Waals surface area contributed by atoms with E-state index in [1.54, 1.807) is 0 Å². The van der Waals surface area contributed by atoms with Crippen molar-refractivity contribution in [3.63, 3.8) is 0 Å². The van der Waals surface area contributed by atoms with Crippen LogP contribution < -0.4 is 0 Å². The lowest BCUT2D eigenvalue weighted by Gasteiger charge is -2.22. The van der Waals surface area contributed by atoms with E-state index in [1.165, 1.54) is 5.75 Å². The largest absolute Gasteiger partial charge is 0.299 e. The Balaban J connectivity index is 3.55. The first-order chi connectivity index (χ1) is 5.72. The van der Waals surface area contributed by atoms with Crippen LogP contribution in [-0.4, -0.2) is 42.4 Å². The second-order valence-electron chi connectivity index (χ2n) is 2.87. The molecule has 0 saturated carbocycles. The van der Waals surface area contributed by atoms with Gasteiger partial charge in [-0.15, -0.1) is 11.6 Å². The van der Waals surface area contributed by atoms with Crippen LogP contribution in [0.25, 0.3) is 0 Å². The van der Waals surface area contributed by atoms with Gasteiger partial charge in [0.05, 0.1) is 0 Å². The Bertz CT molecular complexity index is 128. The second kappa shape index (κ2) is 7.96. The summed E-state index contributed by atoms with van der Waals surface area (Å²) in [6, 6.07) is 0.639. The highest BCUT2D eigenvalue weighted by Gasteiger charge is 2.05. The Labute approximate surface area is 85.2 Å². The quantitative estimate of drug-likeness (QED) is 0.487. The molecule has 1 unspecified atom stereocenters. The molecular weight excluding hydrogens is 190 g/mol. The van der Waals surface area contributed by atoms with E-state index >= 15 is 0 Å². The van der Waals surface area contributed by atoms with Crippen molar-refractivity contribution in [1.82, 2.24) is 4.90 Å². The molecule has 0 amide bonds. The number of nitrogens with zero attached hydrogens (tertiary/aromatic N) is 1. The SMILES string of the molecule is CSCC(C)N(C)C/C=C/CCl. The predicted octanol–water partition coefficient (Wildman–Crippen LogP) is 2.46. The molecule has 1 nitrogen and oxygen atoms in total. The summed E-state index contributed by atoms with van der Waals surface area (Å²) in [5.41, 5.74) is 0. The highest BCUT2D eigenvalue weighted by Crippen LogP contribution is 2.03.